The number of phosphoric acid groups is 1. The molecule has 0 aliphatic heterocycles. The van der Waals surface area contributed by atoms with Gasteiger partial charge in [0.1, 0.15) is 29.6 Å². The molecule has 2 aromatic rings. The van der Waals surface area contributed by atoms with Gasteiger partial charge in [-0.15, -0.1) is 0 Å². The molecule has 0 spiro atoms. The minimum Gasteiger partial charge on any atom is -0.466 e. The maximum absolute atomic E-state index is 12.7. The van der Waals surface area contributed by atoms with Gasteiger partial charge in [-0.05, 0) is 82.1 Å². The topological polar surface area (TPSA) is 161 Å². The molecular formula is C46H80NO10P. The predicted octanol–water partition coefficient (Wildman–Crippen LogP) is 11.8. The maximum Gasteiger partial charge on any atom is 0.472 e. The van der Waals surface area contributed by atoms with Crippen molar-refractivity contribution in [3.63, 3.8) is 0 Å². The average molecular weight is 838 g/mol. The quantitative estimate of drug-likeness (QED) is 0.0378. The molecule has 2 heterocycles. The van der Waals surface area contributed by atoms with Crippen LogP contribution in [0.25, 0.3) is 0 Å². The van der Waals surface area contributed by atoms with E-state index in [0.717, 1.165) is 107 Å². The Morgan fingerprint density at radius 2 is 1.14 bits per heavy atom. The van der Waals surface area contributed by atoms with E-state index in [1.54, 1.807) is 0 Å². The van der Waals surface area contributed by atoms with Crippen molar-refractivity contribution in [3.05, 3.63) is 45.8 Å². The van der Waals surface area contributed by atoms with Crippen molar-refractivity contribution in [1.82, 2.24) is 0 Å². The van der Waals surface area contributed by atoms with Gasteiger partial charge in [-0.2, -0.15) is 0 Å². The number of nitrogens with two attached hydrogens (primary N) is 1. The van der Waals surface area contributed by atoms with Crippen LogP contribution in [-0.2, 0) is 58.4 Å². The van der Waals surface area contributed by atoms with Crippen molar-refractivity contribution in [2.24, 2.45) is 5.73 Å². The molecule has 11 nitrogen and oxygen atoms in total. The molecule has 2 atom stereocenters. The molecular weight excluding hydrogens is 757 g/mol. The number of carbonyl (C=O) groups excluding carboxylic acids is 2. The molecule has 0 radical (unpaired) electrons. The summed E-state index contributed by atoms with van der Waals surface area (Å²) in [5.41, 5.74) is 9.28. The van der Waals surface area contributed by atoms with Crippen LogP contribution >= 0.6 is 7.82 Å². The molecule has 0 aliphatic rings. The third-order valence-corrected chi connectivity index (χ3v) is 11.8. The fourth-order valence-corrected chi connectivity index (χ4v) is 7.94. The van der Waals surface area contributed by atoms with Gasteiger partial charge >= 0.3 is 19.8 Å². The molecule has 0 aliphatic carbocycles. The summed E-state index contributed by atoms with van der Waals surface area (Å²) >= 11 is 0. The number of aryl methyl sites for hydroxylation is 5. The second-order valence-corrected chi connectivity index (χ2v) is 17.5. The van der Waals surface area contributed by atoms with E-state index in [0.29, 0.717) is 12.8 Å². The molecule has 2 rings (SSSR count). The van der Waals surface area contributed by atoms with Gasteiger partial charge in [0.2, 0.25) is 0 Å². The van der Waals surface area contributed by atoms with Gasteiger partial charge in [-0.3, -0.25) is 18.6 Å². The van der Waals surface area contributed by atoms with Crippen LogP contribution < -0.4 is 5.73 Å². The van der Waals surface area contributed by atoms with Gasteiger partial charge in [0.25, 0.3) is 0 Å². The summed E-state index contributed by atoms with van der Waals surface area (Å²) in [7, 11) is -4.40. The molecule has 58 heavy (non-hydrogen) atoms. The van der Waals surface area contributed by atoms with Crippen LogP contribution in [-0.4, -0.2) is 49.3 Å². The number of esters is 2. The van der Waals surface area contributed by atoms with Crippen LogP contribution in [0.5, 0.6) is 0 Å². The highest BCUT2D eigenvalue weighted by Gasteiger charge is 2.26. The zero-order valence-corrected chi connectivity index (χ0v) is 37.9. The van der Waals surface area contributed by atoms with Gasteiger partial charge in [0.15, 0.2) is 6.10 Å². The summed E-state index contributed by atoms with van der Waals surface area (Å²) in [5, 5.41) is 0. The van der Waals surface area contributed by atoms with Crippen LogP contribution in [0.15, 0.2) is 14.9 Å². The Labute approximate surface area is 350 Å². The first-order valence-corrected chi connectivity index (χ1v) is 24.3. The summed E-state index contributed by atoms with van der Waals surface area (Å²) in [6.45, 7) is 10.1. The Morgan fingerprint density at radius 1 is 0.638 bits per heavy atom. The molecule has 0 saturated heterocycles. The summed E-state index contributed by atoms with van der Waals surface area (Å²) in [4.78, 5) is 35.1. The van der Waals surface area contributed by atoms with Crippen LogP contribution in [0.4, 0.5) is 0 Å². The number of hydrogen-bond acceptors (Lipinski definition) is 10. The fourth-order valence-electron chi connectivity index (χ4n) is 7.17. The number of furan rings is 2. The molecule has 3 N–H and O–H groups in total. The highest BCUT2D eigenvalue weighted by Crippen LogP contribution is 2.43. The average Bonchev–Trinajstić information content (AvgIpc) is 3.68. The summed E-state index contributed by atoms with van der Waals surface area (Å²) in [6, 6.07) is 2.17. The summed E-state index contributed by atoms with van der Waals surface area (Å²) in [5.74, 6) is 3.69. The maximum atomic E-state index is 12.7. The van der Waals surface area contributed by atoms with Gasteiger partial charge in [-0.1, -0.05) is 104 Å². The Kier molecular flexibility index (Phi) is 28.0. The highest BCUT2D eigenvalue weighted by atomic mass is 31.2. The second kappa shape index (κ2) is 31.4. The third-order valence-electron chi connectivity index (χ3n) is 10.8. The van der Waals surface area contributed by atoms with Gasteiger partial charge < -0.3 is 28.9 Å². The number of rotatable bonds is 37. The lowest BCUT2D eigenvalue weighted by Gasteiger charge is -2.19. The summed E-state index contributed by atoms with van der Waals surface area (Å²) < 4.78 is 45.1. The van der Waals surface area contributed by atoms with E-state index in [-0.39, 0.29) is 32.6 Å². The number of hydrogen-bond donors (Lipinski definition) is 2. The molecule has 334 valence electrons. The van der Waals surface area contributed by atoms with E-state index in [9.17, 15) is 19.0 Å². The van der Waals surface area contributed by atoms with Crippen LogP contribution in [0.1, 0.15) is 195 Å². The lowest BCUT2D eigenvalue weighted by molar-refractivity contribution is -0.161. The molecule has 2 aromatic heterocycles. The number of phosphoric ester groups is 1. The standard InChI is InChI=1S/C46H80NO10P/c1-6-8-21-28-43-38(4)39(5)44(57-43)29-23-18-14-10-11-15-19-24-30-45(48)52-35-41(36-54-58(50,51)53-33-32-47)56-46(49)31-25-20-16-12-9-13-17-22-27-42-37(3)34-40(55-42)26-7-2/h34,41H,6-33,35-36,47H2,1-5H3,(H,50,51)/t41-/m1/s1. The predicted molar refractivity (Wildman–Crippen MR) is 231 cm³/mol. The second-order valence-electron chi connectivity index (χ2n) is 16.1. The monoisotopic (exact) mass is 838 g/mol. The smallest absolute Gasteiger partial charge is 0.466 e. The fraction of sp³-hybridized carbons (Fsp3) is 0.783. The summed E-state index contributed by atoms with van der Waals surface area (Å²) in [6.07, 6.45) is 25.1. The van der Waals surface area contributed by atoms with Crippen LogP contribution in [0, 0.1) is 20.8 Å². The Balaban J connectivity index is 1.57. The molecule has 0 amide bonds. The minimum absolute atomic E-state index is 0.0430. The Bertz CT molecular complexity index is 1440. The van der Waals surface area contributed by atoms with E-state index in [2.05, 4.69) is 40.7 Å². The number of unbranched alkanes of at least 4 members (excludes halogenated alkanes) is 16. The first kappa shape index (κ1) is 51.7. The normalized spacial score (nSPS) is 13.2. The van der Waals surface area contributed by atoms with E-state index in [1.807, 2.05) is 0 Å². The van der Waals surface area contributed by atoms with E-state index in [1.165, 1.54) is 73.8 Å². The Morgan fingerprint density at radius 3 is 1.67 bits per heavy atom. The SMILES string of the molecule is CCCCCc1oc(CCCCCCCCCCC(=O)OC[C@H](COP(=O)(O)OCCN)OC(=O)CCCCCCCCCCc2oc(CCC)cc2C)c(C)c1C. The van der Waals surface area contributed by atoms with Gasteiger partial charge in [0.05, 0.1) is 13.2 Å². The molecule has 0 fully saturated rings. The van der Waals surface area contributed by atoms with Crippen LogP contribution in [0.2, 0.25) is 0 Å². The van der Waals surface area contributed by atoms with Crippen molar-refractivity contribution in [1.29, 1.82) is 0 Å². The lowest BCUT2D eigenvalue weighted by Crippen LogP contribution is -2.29. The van der Waals surface area contributed by atoms with Crippen molar-refractivity contribution in [2.75, 3.05) is 26.4 Å². The minimum atomic E-state index is -4.40. The third kappa shape index (κ3) is 23.4. The van der Waals surface area contributed by atoms with Crippen molar-refractivity contribution >= 4 is 19.8 Å². The Hall–Kier alpha value is -2.43. The molecule has 0 aromatic carbocycles. The highest BCUT2D eigenvalue weighted by molar-refractivity contribution is 7.47. The van der Waals surface area contributed by atoms with Crippen LogP contribution in [0.3, 0.4) is 0 Å². The number of carbonyl (C=O) groups is 2. The van der Waals surface area contributed by atoms with E-state index >= 15 is 0 Å². The first-order chi connectivity index (χ1) is 28.0. The zero-order valence-electron chi connectivity index (χ0n) is 37.0. The molecule has 0 saturated carbocycles. The van der Waals surface area contributed by atoms with E-state index < -0.39 is 32.5 Å². The van der Waals surface area contributed by atoms with Crippen molar-refractivity contribution in [3.8, 4) is 0 Å². The van der Waals surface area contributed by atoms with Crippen molar-refractivity contribution in [2.45, 2.75) is 208 Å². The lowest BCUT2D eigenvalue weighted by atomic mass is 10.0. The molecule has 0 bridgehead atoms. The number of ether oxygens (including phenoxy) is 2. The van der Waals surface area contributed by atoms with Gasteiger partial charge in [-0.25, -0.2) is 4.57 Å². The van der Waals surface area contributed by atoms with Crippen molar-refractivity contribution < 1.29 is 46.4 Å². The van der Waals surface area contributed by atoms with E-state index in [4.69, 9.17) is 33.1 Å². The van der Waals surface area contributed by atoms with Gasteiger partial charge in [0, 0.05) is 45.1 Å². The zero-order chi connectivity index (χ0) is 42.4. The first-order valence-electron chi connectivity index (χ1n) is 22.8. The largest absolute Gasteiger partial charge is 0.472 e. The molecule has 12 heteroatoms. The molecule has 1 unspecified atom stereocenters.